The van der Waals surface area contributed by atoms with Crippen molar-refractivity contribution in [3.8, 4) is 0 Å². The molecule has 0 bridgehead atoms. The van der Waals surface area contributed by atoms with Crippen molar-refractivity contribution in [3.05, 3.63) is 77.7 Å². The number of ether oxygens (including phenoxy) is 1. The van der Waals surface area contributed by atoms with Gasteiger partial charge in [0.2, 0.25) is 0 Å². The van der Waals surface area contributed by atoms with Gasteiger partial charge in [-0.2, -0.15) is 0 Å². The lowest BCUT2D eigenvalue weighted by Crippen LogP contribution is -2.17. The highest BCUT2D eigenvalue weighted by atomic mass is 19.1. The van der Waals surface area contributed by atoms with Crippen molar-refractivity contribution in [3.63, 3.8) is 0 Å². The molecule has 7 nitrogen and oxygen atoms in total. The van der Waals surface area contributed by atoms with Crippen molar-refractivity contribution in [2.24, 2.45) is 0 Å². The lowest BCUT2D eigenvalue weighted by Gasteiger charge is -2.09. The molecule has 0 fully saturated rings. The topological polar surface area (TPSA) is 93.2 Å². The molecule has 3 rings (SSSR count). The van der Waals surface area contributed by atoms with Crippen LogP contribution in [-0.2, 0) is 4.74 Å². The maximum atomic E-state index is 13.2. The van der Waals surface area contributed by atoms with Crippen LogP contribution in [-0.4, -0.2) is 29.2 Å². The summed E-state index contributed by atoms with van der Waals surface area (Å²) in [6, 6.07) is 15.3. The normalized spacial score (nSPS) is 10.1. The summed E-state index contributed by atoms with van der Waals surface area (Å²) >= 11 is 0. The van der Waals surface area contributed by atoms with Gasteiger partial charge in [0.25, 0.3) is 5.91 Å². The molecule has 1 heterocycles. The van der Waals surface area contributed by atoms with Crippen molar-refractivity contribution in [1.29, 1.82) is 0 Å². The number of amides is 1. The predicted molar refractivity (Wildman–Crippen MR) is 97.4 cm³/mol. The van der Waals surface area contributed by atoms with Crippen LogP contribution < -0.4 is 10.6 Å². The summed E-state index contributed by atoms with van der Waals surface area (Å²) in [4.78, 5) is 24.1. The van der Waals surface area contributed by atoms with Gasteiger partial charge in [-0.3, -0.25) is 4.79 Å². The van der Waals surface area contributed by atoms with Crippen LogP contribution in [0.3, 0.4) is 0 Å². The van der Waals surface area contributed by atoms with Crippen molar-refractivity contribution in [1.82, 2.24) is 10.2 Å². The Labute approximate surface area is 154 Å². The fourth-order valence-electron chi connectivity index (χ4n) is 2.30. The Kier molecular flexibility index (Phi) is 5.36. The van der Waals surface area contributed by atoms with Gasteiger partial charge in [0.05, 0.1) is 18.4 Å². The van der Waals surface area contributed by atoms with E-state index in [1.807, 2.05) is 0 Å². The van der Waals surface area contributed by atoms with E-state index in [9.17, 15) is 14.0 Å². The third-order valence-corrected chi connectivity index (χ3v) is 3.57. The summed E-state index contributed by atoms with van der Waals surface area (Å²) in [6.07, 6.45) is 0. The fraction of sp³-hybridized carbons (Fsp3) is 0.0526. The third kappa shape index (κ3) is 4.43. The average molecular weight is 366 g/mol. The smallest absolute Gasteiger partial charge is 0.339 e. The van der Waals surface area contributed by atoms with E-state index in [0.29, 0.717) is 17.2 Å². The highest BCUT2D eigenvalue weighted by Crippen LogP contribution is 2.18. The number of benzene rings is 2. The molecule has 2 N–H and O–H groups in total. The second-order valence-corrected chi connectivity index (χ2v) is 5.43. The van der Waals surface area contributed by atoms with E-state index in [0.717, 1.165) is 0 Å². The molecule has 0 atom stereocenters. The van der Waals surface area contributed by atoms with E-state index >= 15 is 0 Å². The summed E-state index contributed by atoms with van der Waals surface area (Å²) in [5.74, 6) is -1.12. The van der Waals surface area contributed by atoms with E-state index in [1.165, 1.54) is 25.3 Å². The number of carbonyl (C=O) groups is 2. The molecule has 0 saturated heterocycles. The summed E-state index contributed by atoms with van der Waals surface area (Å²) in [6.45, 7) is 0. The number of rotatable bonds is 5. The molecule has 3 aromatic rings. The maximum absolute atomic E-state index is 13.2. The van der Waals surface area contributed by atoms with E-state index in [4.69, 9.17) is 4.74 Å². The number of carbonyl (C=O) groups excluding carboxylic acids is 2. The number of para-hydroxylation sites is 1. The van der Waals surface area contributed by atoms with Gasteiger partial charge < -0.3 is 15.4 Å². The Bertz CT molecular complexity index is 977. The van der Waals surface area contributed by atoms with E-state index in [2.05, 4.69) is 20.8 Å². The molecule has 0 aliphatic carbocycles. The molecule has 0 aliphatic heterocycles. The molecule has 0 radical (unpaired) electrons. The van der Waals surface area contributed by atoms with E-state index in [-0.39, 0.29) is 17.1 Å². The van der Waals surface area contributed by atoms with Crippen LogP contribution in [0.1, 0.15) is 20.8 Å². The minimum atomic E-state index is -0.563. The number of nitrogens with zero attached hydrogens (tertiary/aromatic N) is 2. The molecule has 2 aromatic carbocycles. The first-order valence-corrected chi connectivity index (χ1v) is 7.92. The zero-order valence-electron chi connectivity index (χ0n) is 14.3. The Morgan fingerprint density at radius 2 is 1.81 bits per heavy atom. The SMILES string of the molecule is COC(=O)c1ccccc1NC(=O)c1ccc(Nc2cccc(F)c2)nn1. The second-order valence-electron chi connectivity index (χ2n) is 5.43. The molecular weight excluding hydrogens is 351 g/mol. The third-order valence-electron chi connectivity index (χ3n) is 3.57. The number of nitrogens with one attached hydrogen (secondary N) is 2. The van der Waals surface area contributed by atoms with Gasteiger partial charge >= 0.3 is 5.97 Å². The van der Waals surface area contributed by atoms with Gasteiger partial charge in [-0.05, 0) is 42.5 Å². The molecule has 0 aliphatic rings. The summed E-state index contributed by atoms with van der Waals surface area (Å²) in [5, 5.41) is 13.2. The van der Waals surface area contributed by atoms with Gasteiger partial charge in [0, 0.05) is 5.69 Å². The zero-order chi connectivity index (χ0) is 19.2. The van der Waals surface area contributed by atoms with Crippen LogP contribution in [0.4, 0.5) is 21.6 Å². The minimum Gasteiger partial charge on any atom is -0.465 e. The first-order valence-electron chi connectivity index (χ1n) is 7.92. The average Bonchev–Trinajstić information content (AvgIpc) is 2.68. The van der Waals surface area contributed by atoms with Crippen LogP contribution in [0, 0.1) is 5.82 Å². The number of halogens is 1. The van der Waals surface area contributed by atoms with Crippen molar-refractivity contribution < 1.29 is 18.7 Å². The quantitative estimate of drug-likeness (QED) is 0.672. The molecule has 0 spiro atoms. The van der Waals surface area contributed by atoms with Crippen LogP contribution >= 0.6 is 0 Å². The van der Waals surface area contributed by atoms with Gasteiger partial charge in [-0.15, -0.1) is 10.2 Å². The van der Waals surface area contributed by atoms with Crippen molar-refractivity contribution >= 4 is 29.1 Å². The number of anilines is 3. The van der Waals surface area contributed by atoms with Crippen LogP contribution in [0.15, 0.2) is 60.7 Å². The Morgan fingerprint density at radius 1 is 1.00 bits per heavy atom. The Morgan fingerprint density at radius 3 is 2.52 bits per heavy atom. The van der Waals surface area contributed by atoms with Gasteiger partial charge in [-0.25, -0.2) is 9.18 Å². The van der Waals surface area contributed by atoms with Crippen LogP contribution in [0.5, 0.6) is 0 Å². The van der Waals surface area contributed by atoms with Crippen molar-refractivity contribution in [2.75, 3.05) is 17.7 Å². The first kappa shape index (κ1) is 18.0. The lowest BCUT2D eigenvalue weighted by atomic mass is 10.1. The van der Waals surface area contributed by atoms with E-state index in [1.54, 1.807) is 42.5 Å². The molecule has 136 valence electrons. The summed E-state index contributed by atoms with van der Waals surface area (Å²) in [5.41, 5.74) is 1.09. The number of methoxy groups -OCH3 is 1. The molecule has 27 heavy (non-hydrogen) atoms. The fourth-order valence-corrected chi connectivity index (χ4v) is 2.30. The predicted octanol–water partition coefficient (Wildman–Crippen LogP) is 3.40. The van der Waals surface area contributed by atoms with Gasteiger partial charge in [-0.1, -0.05) is 18.2 Å². The Hall–Kier alpha value is -3.81. The zero-order valence-corrected chi connectivity index (χ0v) is 14.3. The van der Waals surface area contributed by atoms with E-state index < -0.39 is 11.9 Å². The number of aromatic nitrogens is 2. The monoisotopic (exact) mass is 366 g/mol. The molecule has 1 amide bonds. The number of hydrogen-bond acceptors (Lipinski definition) is 6. The van der Waals surface area contributed by atoms with Crippen molar-refractivity contribution in [2.45, 2.75) is 0 Å². The number of hydrogen-bond donors (Lipinski definition) is 2. The molecule has 0 saturated carbocycles. The first-order chi connectivity index (χ1) is 13.1. The largest absolute Gasteiger partial charge is 0.465 e. The van der Waals surface area contributed by atoms with Crippen LogP contribution in [0.2, 0.25) is 0 Å². The van der Waals surface area contributed by atoms with Gasteiger partial charge in [0.1, 0.15) is 5.82 Å². The van der Waals surface area contributed by atoms with Crippen LogP contribution in [0.25, 0.3) is 0 Å². The number of esters is 1. The summed E-state index contributed by atoms with van der Waals surface area (Å²) < 4.78 is 17.9. The standard InChI is InChI=1S/C19H15FN4O3/c1-27-19(26)14-7-2-3-8-15(14)22-18(25)16-9-10-17(24-23-16)21-13-6-4-5-12(20)11-13/h2-11H,1H3,(H,21,24)(H,22,25). The molecular formula is C19H15FN4O3. The minimum absolute atomic E-state index is 0.0551. The lowest BCUT2D eigenvalue weighted by molar-refractivity contribution is 0.0602. The molecule has 1 aromatic heterocycles. The second kappa shape index (κ2) is 8.05. The highest BCUT2D eigenvalue weighted by Gasteiger charge is 2.15. The maximum Gasteiger partial charge on any atom is 0.339 e. The molecule has 8 heteroatoms. The Balaban J connectivity index is 1.72. The highest BCUT2D eigenvalue weighted by molar-refractivity contribution is 6.07. The molecule has 0 unspecified atom stereocenters. The summed E-state index contributed by atoms with van der Waals surface area (Å²) in [7, 11) is 1.26. The van der Waals surface area contributed by atoms with Gasteiger partial charge in [0.15, 0.2) is 11.5 Å².